The molecule has 1 aromatic carbocycles. The third-order valence-electron chi connectivity index (χ3n) is 6.27. The Bertz CT molecular complexity index is 1080. The Morgan fingerprint density at radius 2 is 1.74 bits per heavy atom. The van der Waals surface area contributed by atoms with Crippen LogP contribution in [0, 0.1) is 5.82 Å². The van der Waals surface area contributed by atoms with Gasteiger partial charge in [0, 0.05) is 55.6 Å². The van der Waals surface area contributed by atoms with E-state index in [1.807, 2.05) is 19.9 Å². The first-order chi connectivity index (χ1) is 16.3. The lowest BCUT2D eigenvalue weighted by Gasteiger charge is -2.45. The fourth-order valence-electron chi connectivity index (χ4n) is 4.31. The summed E-state index contributed by atoms with van der Waals surface area (Å²) >= 11 is 0. The van der Waals surface area contributed by atoms with Crippen molar-refractivity contribution in [2.24, 2.45) is 0 Å². The first-order valence-electron chi connectivity index (χ1n) is 11.0. The summed E-state index contributed by atoms with van der Waals surface area (Å²) in [4.78, 5) is 55.3. The SMILES string of the molecule is C[C@@H]1[C@@H](C)N(C(=O)c2ccncc2F)CCN1C(=O)c1cccc(N2CCCC2=O)c1.O=CO. The highest BCUT2D eigenvalue weighted by molar-refractivity contribution is 5.99. The predicted octanol–water partition coefficient (Wildman–Crippen LogP) is 2.42. The van der Waals surface area contributed by atoms with Crippen molar-refractivity contribution >= 4 is 29.9 Å². The maximum Gasteiger partial charge on any atom is 0.290 e. The van der Waals surface area contributed by atoms with Crippen LogP contribution in [0.2, 0.25) is 0 Å². The standard InChI is InChI=1S/C23H25FN4O3.CH2O2/c1-15-16(2)27(23(31)19-8-9-25-14-20(19)24)12-11-26(15)22(30)17-5-3-6-18(13-17)28-10-4-7-21(28)29;2-1-3/h3,5-6,8-9,13-16H,4,7,10-12H2,1-2H3;1H,(H,2,3)/t15-,16-;/m1./s1. The van der Waals surface area contributed by atoms with Gasteiger partial charge in [0.1, 0.15) is 0 Å². The number of carbonyl (C=O) groups excluding carboxylic acids is 3. The first-order valence-corrected chi connectivity index (χ1v) is 11.0. The summed E-state index contributed by atoms with van der Waals surface area (Å²) < 4.78 is 14.0. The van der Waals surface area contributed by atoms with Crippen LogP contribution >= 0.6 is 0 Å². The molecule has 0 radical (unpaired) electrons. The van der Waals surface area contributed by atoms with Crippen LogP contribution in [0.15, 0.2) is 42.7 Å². The van der Waals surface area contributed by atoms with Gasteiger partial charge in [-0.25, -0.2) is 4.39 Å². The van der Waals surface area contributed by atoms with Crippen molar-refractivity contribution in [3.8, 4) is 0 Å². The number of carboxylic acid groups (broad SMARTS) is 1. The van der Waals surface area contributed by atoms with E-state index in [-0.39, 0.29) is 35.9 Å². The number of benzene rings is 1. The number of carbonyl (C=O) groups is 4. The molecule has 2 aliphatic rings. The molecule has 3 amide bonds. The molecule has 1 N–H and O–H groups in total. The van der Waals surface area contributed by atoms with Crippen LogP contribution < -0.4 is 4.90 Å². The molecule has 0 aliphatic carbocycles. The Balaban J connectivity index is 0.00000103. The molecule has 2 aromatic rings. The molecule has 9 nitrogen and oxygen atoms in total. The van der Waals surface area contributed by atoms with Gasteiger partial charge in [0.15, 0.2) is 5.82 Å². The fraction of sp³-hybridized carbons (Fsp3) is 0.375. The molecule has 0 spiro atoms. The number of nitrogens with zero attached hydrogens (tertiary/aromatic N) is 4. The molecule has 1 aromatic heterocycles. The van der Waals surface area contributed by atoms with Crippen LogP contribution in [0.5, 0.6) is 0 Å². The number of anilines is 1. The van der Waals surface area contributed by atoms with Crippen LogP contribution in [-0.4, -0.2) is 75.8 Å². The van der Waals surface area contributed by atoms with E-state index in [1.54, 1.807) is 32.9 Å². The van der Waals surface area contributed by atoms with Crippen molar-refractivity contribution in [3.63, 3.8) is 0 Å². The molecule has 2 fully saturated rings. The normalized spacial score (nSPS) is 20.0. The van der Waals surface area contributed by atoms with Gasteiger partial charge in [-0.2, -0.15) is 0 Å². The highest BCUT2D eigenvalue weighted by Gasteiger charge is 2.37. The largest absolute Gasteiger partial charge is 0.483 e. The van der Waals surface area contributed by atoms with Crippen LogP contribution in [0.25, 0.3) is 0 Å². The van der Waals surface area contributed by atoms with Crippen LogP contribution in [-0.2, 0) is 9.59 Å². The number of pyridine rings is 1. The van der Waals surface area contributed by atoms with E-state index < -0.39 is 11.7 Å². The van der Waals surface area contributed by atoms with Crippen molar-refractivity contribution in [3.05, 3.63) is 59.7 Å². The summed E-state index contributed by atoms with van der Waals surface area (Å²) in [5.41, 5.74) is 1.23. The lowest BCUT2D eigenvalue weighted by Crippen LogP contribution is -2.60. The molecule has 3 heterocycles. The molecule has 2 aliphatic heterocycles. The molecular formula is C24H27FN4O5. The van der Waals surface area contributed by atoms with Crippen molar-refractivity contribution in [2.45, 2.75) is 38.8 Å². The Labute approximate surface area is 196 Å². The molecule has 2 saturated heterocycles. The van der Waals surface area contributed by atoms with Crippen molar-refractivity contribution in [2.75, 3.05) is 24.5 Å². The van der Waals surface area contributed by atoms with Gasteiger partial charge in [0.05, 0.1) is 11.8 Å². The smallest absolute Gasteiger partial charge is 0.290 e. The maximum atomic E-state index is 14.0. The summed E-state index contributed by atoms with van der Waals surface area (Å²) in [5.74, 6) is -1.13. The summed E-state index contributed by atoms with van der Waals surface area (Å²) in [7, 11) is 0. The van der Waals surface area contributed by atoms with E-state index in [1.165, 1.54) is 12.3 Å². The van der Waals surface area contributed by atoms with E-state index in [4.69, 9.17) is 9.90 Å². The lowest BCUT2D eigenvalue weighted by atomic mass is 10.0. The molecule has 0 saturated carbocycles. The number of halogens is 1. The van der Waals surface area contributed by atoms with E-state index in [9.17, 15) is 18.8 Å². The number of amides is 3. The Hall–Kier alpha value is -3.82. The third-order valence-corrected chi connectivity index (χ3v) is 6.27. The number of rotatable bonds is 3. The fourth-order valence-corrected chi connectivity index (χ4v) is 4.31. The van der Waals surface area contributed by atoms with Gasteiger partial charge in [0.25, 0.3) is 18.3 Å². The number of hydrogen-bond acceptors (Lipinski definition) is 5. The summed E-state index contributed by atoms with van der Waals surface area (Å²) in [5, 5.41) is 6.89. The van der Waals surface area contributed by atoms with Crippen molar-refractivity contribution in [1.82, 2.24) is 14.8 Å². The second-order valence-corrected chi connectivity index (χ2v) is 8.14. The molecule has 0 bridgehead atoms. The van der Waals surface area contributed by atoms with Crippen LogP contribution in [0.4, 0.5) is 10.1 Å². The first kappa shape index (κ1) is 24.8. The second-order valence-electron chi connectivity index (χ2n) is 8.14. The zero-order valence-electron chi connectivity index (χ0n) is 19.1. The minimum Gasteiger partial charge on any atom is -0.483 e. The monoisotopic (exact) mass is 470 g/mol. The molecular weight excluding hydrogens is 443 g/mol. The number of hydrogen-bond donors (Lipinski definition) is 1. The minimum absolute atomic E-state index is 0.0168. The Morgan fingerprint density at radius 3 is 2.32 bits per heavy atom. The molecule has 34 heavy (non-hydrogen) atoms. The van der Waals surface area contributed by atoms with Gasteiger partial charge in [-0.1, -0.05) is 6.07 Å². The highest BCUT2D eigenvalue weighted by atomic mass is 19.1. The van der Waals surface area contributed by atoms with E-state index in [2.05, 4.69) is 4.98 Å². The van der Waals surface area contributed by atoms with Gasteiger partial charge >= 0.3 is 0 Å². The van der Waals surface area contributed by atoms with Crippen molar-refractivity contribution in [1.29, 1.82) is 0 Å². The van der Waals surface area contributed by atoms with Gasteiger partial charge in [-0.15, -0.1) is 0 Å². The molecule has 4 rings (SSSR count). The topological polar surface area (TPSA) is 111 Å². The summed E-state index contributed by atoms with van der Waals surface area (Å²) in [6.07, 6.45) is 3.77. The van der Waals surface area contributed by atoms with E-state index in [0.29, 0.717) is 31.6 Å². The maximum absolute atomic E-state index is 14.0. The molecule has 0 unspecified atom stereocenters. The van der Waals surface area contributed by atoms with E-state index >= 15 is 0 Å². The van der Waals surface area contributed by atoms with Crippen molar-refractivity contribution < 1.29 is 28.7 Å². The summed E-state index contributed by atoms with van der Waals surface area (Å²) in [6.45, 7) is 4.81. The second kappa shape index (κ2) is 10.9. The predicted molar refractivity (Wildman–Crippen MR) is 122 cm³/mol. The zero-order chi connectivity index (χ0) is 24.8. The minimum atomic E-state index is -0.654. The van der Waals surface area contributed by atoms with Crippen LogP contribution in [0.3, 0.4) is 0 Å². The van der Waals surface area contributed by atoms with E-state index in [0.717, 1.165) is 18.3 Å². The molecule has 2 atom stereocenters. The Morgan fingerprint density at radius 1 is 1.09 bits per heavy atom. The Kier molecular flexibility index (Phi) is 7.93. The number of aromatic nitrogens is 1. The lowest BCUT2D eigenvalue weighted by molar-refractivity contribution is -0.123. The van der Waals surface area contributed by atoms with Gasteiger partial charge in [-0.3, -0.25) is 24.2 Å². The average molecular weight is 471 g/mol. The quantitative estimate of drug-likeness (QED) is 0.690. The molecule has 180 valence electrons. The highest BCUT2D eigenvalue weighted by Crippen LogP contribution is 2.26. The third kappa shape index (κ3) is 5.05. The van der Waals surface area contributed by atoms with Gasteiger partial charge < -0.3 is 19.8 Å². The summed E-state index contributed by atoms with van der Waals surface area (Å²) in [6, 6.07) is 7.95. The van der Waals surface area contributed by atoms with Crippen LogP contribution in [0.1, 0.15) is 47.4 Å². The number of piperazine rings is 1. The average Bonchev–Trinajstić information content (AvgIpc) is 3.27. The van der Waals surface area contributed by atoms with Gasteiger partial charge in [-0.05, 0) is 44.5 Å². The molecule has 10 heteroatoms. The zero-order valence-corrected chi connectivity index (χ0v) is 19.1. The van der Waals surface area contributed by atoms with Gasteiger partial charge in [0.2, 0.25) is 5.91 Å².